The molecule has 0 aliphatic heterocycles. The van der Waals surface area contributed by atoms with E-state index in [0.29, 0.717) is 24.8 Å². The van der Waals surface area contributed by atoms with Crippen LogP contribution in [0.15, 0.2) is 42.5 Å². The van der Waals surface area contributed by atoms with Crippen LogP contribution in [-0.4, -0.2) is 33.6 Å². The summed E-state index contributed by atoms with van der Waals surface area (Å²) in [5, 5.41) is 11.8. The van der Waals surface area contributed by atoms with Crippen LogP contribution < -0.4 is 5.32 Å². The Morgan fingerprint density at radius 1 is 1.08 bits per heavy atom. The average Bonchev–Trinajstić information content (AvgIpc) is 2.68. The summed E-state index contributed by atoms with van der Waals surface area (Å²) in [4.78, 5) is 14.5. The van der Waals surface area contributed by atoms with Crippen molar-refractivity contribution in [1.29, 1.82) is 0 Å². The Hall–Kier alpha value is -2.43. The molecule has 3 rings (SSSR count). The molecule has 25 heavy (non-hydrogen) atoms. The van der Waals surface area contributed by atoms with Gasteiger partial charge < -0.3 is 10.2 Å². The van der Waals surface area contributed by atoms with Gasteiger partial charge in [0.25, 0.3) is 5.91 Å². The van der Waals surface area contributed by atoms with Crippen LogP contribution in [0, 0.1) is 0 Å². The minimum atomic E-state index is -0.0805. The lowest BCUT2D eigenvalue weighted by molar-refractivity contribution is 0.0745. The van der Waals surface area contributed by atoms with Gasteiger partial charge in [0.05, 0.1) is 0 Å². The average molecular weight is 338 g/mol. The standard InChI is InChI=1S/C20H26N4O/c1-2-24(15-16-9-5-3-6-10-16)20(25)18-13-14-19(23-22-18)21-17-11-7-4-8-12-17/h3,5-6,9-10,13-14,17H,2,4,7-8,11-12,15H2,1H3,(H,21,23). The Kier molecular flexibility index (Phi) is 5.99. The van der Waals surface area contributed by atoms with Crippen LogP contribution in [0.5, 0.6) is 0 Å². The van der Waals surface area contributed by atoms with Crippen molar-refractivity contribution in [3.63, 3.8) is 0 Å². The summed E-state index contributed by atoms with van der Waals surface area (Å²) < 4.78 is 0. The van der Waals surface area contributed by atoms with Crippen molar-refractivity contribution in [2.75, 3.05) is 11.9 Å². The number of amides is 1. The molecule has 5 heteroatoms. The Balaban J connectivity index is 1.62. The van der Waals surface area contributed by atoms with E-state index in [4.69, 9.17) is 0 Å². The molecule has 132 valence electrons. The Labute approximate surface area is 149 Å². The molecule has 5 nitrogen and oxygen atoms in total. The van der Waals surface area contributed by atoms with Gasteiger partial charge in [-0.1, -0.05) is 49.6 Å². The highest BCUT2D eigenvalue weighted by Gasteiger charge is 2.18. The molecule has 1 aliphatic carbocycles. The first-order valence-electron chi connectivity index (χ1n) is 9.19. The number of hydrogen-bond donors (Lipinski definition) is 1. The molecule has 1 amide bonds. The third-order valence-electron chi connectivity index (χ3n) is 4.73. The van der Waals surface area contributed by atoms with E-state index in [1.807, 2.05) is 43.3 Å². The summed E-state index contributed by atoms with van der Waals surface area (Å²) in [6, 6.07) is 14.1. The van der Waals surface area contributed by atoms with Crippen LogP contribution in [0.2, 0.25) is 0 Å². The number of anilines is 1. The molecule has 1 aromatic heterocycles. The fraction of sp³-hybridized carbons (Fsp3) is 0.450. The zero-order valence-corrected chi connectivity index (χ0v) is 14.8. The number of rotatable bonds is 6. The normalized spacial score (nSPS) is 14.9. The van der Waals surface area contributed by atoms with Crippen molar-refractivity contribution in [1.82, 2.24) is 15.1 Å². The van der Waals surface area contributed by atoms with Crippen molar-refractivity contribution >= 4 is 11.7 Å². The topological polar surface area (TPSA) is 58.1 Å². The SMILES string of the molecule is CCN(Cc1ccccc1)C(=O)c1ccc(NC2CCCCC2)nn1. The molecule has 0 atom stereocenters. The van der Waals surface area contributed by atoms with Gasteiger partial charge in [0.1, 0.15) is 5.82 Å². The van der Waals surface area contributed by atoms with Crippen LogP contribution in [-0.2, 0) is 6.54 Å². The van der Waals surface area contributed by atoms with Crippen LogP contribution in [0.1, 0.15) is 55.1 Å². The molecule has 0 saturated heterocycles. The largest absolute Gasteiger partial charge is 0.366 e. The first-order valence-corrected chi connectivity index (χ1v) is 9.19. The lowest BCUT2D eigenvalue weighted by Gasteiger charge is -2.23. The maximum Gasteiger partial charge on any atom is 0.274 e. The summed E-state index contributed by atoms with van der Waals surface area (Å²) in [6.45, 7) is 3.20. The summed E-state index contributed by atoms with van der Waals surface area (Å²) in [7, 11) is 0. The predicted octanol–water partition coefficient (Wildman–Crippen LogP) is 3.88. The van der Waals surface area contributed by atoms with E-state index in [0.717, 1.165) is 11.4 Å². The second-order valence-electron chi connectivity index (χ2n) is 6.59. The second-order valence-corrected chi connectivity index (χ2v) is 6.59. The van der Waals surface area contributed by atoms with Crippen molar-refractivity contribution in [2.45, 2.75) is 51.6 Å². The lowest BCUT2D eigenvalue weighted by Crippen LogP contribution is -2.31. The molecule has 0 radical (unpaired) electrons. The van der Waals surface area contributed by atoms with Gasteiger partial charge in [-0.25, -0.2) is 0 Å². The van der Waals surface area contributed by atoms with E-state index in [-0.39, 0.29) is 5.91 Å². The van der Waals surface area contributed by atoms with Crippen LogP contribution in [0.3, 0.4) is 0 Å². The van der Waals surface area contributed by atoms with Crippen LogP contribution in [0.25, 0.3) is 0 Å². The maximum atomic E-state index is 12.7. The van der Waals surface area contributed by atoms with Gasteiger partial charge in [-0.3, -0.25) is 4.79 Å². The molecule has 1 aliphatic rings. The van der Waals surface area contributed by atoms with Gasteiger partial charge in [0.15, 0.2) is 5.69 Å². The Morgan fingerprint density at radius 3 is 2.48 bits per heavy atom. The van der Waals surface area contributed by atoms with Crippen LogP contribution >= 0.6 is 0 Å². The van der Waals surface area contributed by atoms with Gasteiger partial charge >= 0.3 is 0 Å². The molecule has 1 N–H and O–H groups in total. The summed E-state index contributed by atoms with van der Waals surface area (Å²) in [6.07, 6.45) is 6.23. The number of aromatic nitrogens is 2. The number of benzene rings is 1. The van der Waals surface area contributed by atoms with E-state index >= 15 is 0 Å². The minimum absolute atomic E-state index is 0.0805. The maximum absolute atomic E-state index is 12.7. The molecule has 1 aromatic carbocycles. The van der Waals surface area contributed by atoms with Crippen molar-refractivity contribution < 1.29 is 4.79 Å². The highest BCUT2D eigenvalue weighted by atomic mass is 16.2. The monoisotopic (exact) mass is 338 g/mol. The van der Waals surface area contributed by atoms with E-state index in [2.05, 4.69) is 15.5 Å². The third-order valence-corrected chi connectivity index (χ3v) is 4.73. The number of hydrogen-bond acceptors (Lipinski definition) is 4. The fourth-order valence-corrected chi connectivity index (χ4v) is 3.27. The smallest absolute Gasteiger partial charge is 0.274 e. The lowest BCUT2D eigenvalue weighted by atomic mass is 9.95. The molecule has 0 spiro atoms. The van der Waals surface area contributed by atoms with Gasteiger partial charge in [0.2, 0.25) is 0 Å². The summed E-state index contributed by atoms with van der Waals surface area (Å²) in [5.41, 5.74) is 1.51. The molecule has 2 aromatic rings. The van der Waals surface area contributed by atoms with Gasteiger partial charge in [-0.2, -0.15) is 0 Å². The molecular formula is C20H26N4O. The molecule has 0 unspecified atom stereocenters. The molecule has 1 heterocycles. The van der Waals surface area contributed by atoms with E-state index in [9.17, 15) is 4.79 Å². The number of carbonyl (C=O) groups excluding carboxylic acids is 1. The number of nitrogens with one attached hydrogen (secondary N) is 1. The number of carbonyl (C=O) groups is 1. The Bertz CT molecular complexity index is 666. The zero-order valence-electron chi connectivity index (χ0n) is 14.8. The summed E-state index contributed by atoms with van der Waals surface area (Å²) >= 11 is 0. The second kappa shape index (κ2) is 8.60. The Morgan fingerprint density at radius 2 is 1.84 bits per heavy atom. The number of nitrogens with zero attached hydrogens (tertiary/aromatic N) is 3. The van der Waals surface area contributed by atoms with Crippen molar-refractivity contribution in [3.8, 4) is 0 Å². The molecular weight excluding hydrogens is 312 g/mol. The molecule has 1 fully saturated rings. The fourth-order valence-electron chi connectivity index (χ4n) is 3.27. The van der Waals surface area contributed by atoms with Gasteiger partial charge in [0, 0.05) is 19.1 Å². The van der Waals surface area contributed by atoms with E-state index in [1.54, 1.807) is 11.0 Å². The molecule has 1 saturated carbocycles. The summed E-state index contributed by atoms with van der Waals surface area (Å²) in [5.74, 6) is 0.678. The quantitative estimate of drug-likeness (QED) is 0.868. The van der Waals surface area contributed by atoms with Gasteiger partial charge in [-0.15, -0.1) is 10.2 Å². The highest BCUT2D eigenvalue weighted by Crippen LogP contribution is 2.20. The van der Waals surface area contributed by atoms with Crippen molar-refractivity contribution in [3.05, 3.63) is 53.7 Å². The van der Waals surface area contributed by atoms with E-state index < -0.39 is 0 Å². The first-order chi connectivity index (χ1) is 12.3. The highest BCUT2D eigenvalue weighted by molar-refractivity contribution is 5.92. The zero-order chi connectivity index (χ0) is 17.5. The minimum Gasteiger partial charge on any atom is -0.366 e. The predicted molar refractivity (Wildman–Crippen MR) is 99.4 cm³/mol. The van der Waals surface area contributed by atoms with E-state index in [1.165, 1.54) is 32.1 Å². The van der Waals surface area contributed by atoms with Crippen LogP contribution in [0.4, 0.5) is 5.82 Å². The molecule has 0 bridgehead atoms. The van der Waals surface area contributed by atoms with Crippen molar-refractivity contribution in [2.24, 2.45) is 0 Å². The first kappa shape index (κ1) is 17.4. The third kappa shape index (κ3) is 4.78. The van der Waals surface area contributed by atoms with Gasteiger partial charge in [-0.05, 0) is 37.5 Å².